The molecule has 0 spiro atoms. The van der Waals surface area contributed by atoms with Crippen LogP contribution >= 0.6 is 11.8 Å². The first kappa shape index (κ1) is 22.4. The number of rotatable bonds is 7. The highest BCUT2D eigenvalue weighted by molar-refractivity contribution is 8.18. The molecule has 3 amide bonds. The number of nitrogens with one attached hydrogen (secondary N) is 1. The maximum absolute atomic E-state index is 12.9. The summed E-state index contributed by atoms with van der Waals surface area (Å²) in [5.74, 6) is -0.191. The molecule has 6 nitrogen and oxygen atoms in total. The molecule has 4 rings (SSSR count). The summed E-state index contributed by atoms with van der Waals surface area (Å²) in [6, 6.07) is 23.9. The molecule has 1 saturated heterocycles. The lowest BCUT2D eigenvalue weighted by Gasteiger charge is -2.13. The third-order valence-corrected chi connectivity index (χ3v) is 5.83. The van der Waals surface area contributed by atoms with E-state index >= 15 is 0 Å². The van der Waals surface area contributed by atoms with Gasteiger partial charge in [-0.1, -0.05) is 66.2 Å². The number of carbonyl (C=O) groups is 3. The maximum Gasteiger partial charge on any atom is 0.293 e. The van der Waals surface area contributed by atoms with Crippen molar-refractivity contribution in [3.05, 3.63) is 100 Å². The number of nitrogens with zero attached hydrogens (tertiary/aromatic N) is 1. The highest BCUT2D eigenvalue weighted by atomic mass is 32.2. The highest BCUT2D eigenvalue weighted by Gasteiger charge is 2.35. The summed E-state index contributed by atoms with van der Waals surface area (Å²) in [7, 11) is 0. The van der Waals surface area contributed by atoms with Crippen LogP contribution in [0.25, 0.3) is 6.08 Å². The normalized spacial score (nSPS) is 14.6. The average molecular weight is 459 g/mol. The Morgan fingerprint density at radius 1 is 1.00 bits per heavy atom. The van der Waals surface area contributed by atoms with Crippen LogP contribution in [0.15, 0.2) is 83.8 Å². The zero-order valence-electron chi connectivity index (χ0n) is 18.0. The smallest absolute Gasteiger partial charge is 0.293 e. The van der Waals surface area contributed by atoms with Crippen molar-refractivity contribution in [3.8, 4) is 5.75 Å². The van der Waals surface area contributed by atoms with E-state index in [1.165, 1.54) is 4.90 Å². The number of aryl methyl sites for hydroxylation is 1. The molecule has 1 heterocycles. The molecule has 0 saturated carbocycles. The third-order valence-electron chi connectivity index (χ3n) is 4.92. The number of hydrogen-bond acceptors (Lipinski definition) is 5. The van der Waals surface area contributed by atoms with Crippen LogP contribution in [-0.2, 0) is 16.1 Å². The van der Waals surface area contributed by atoms with Crippen LogP contribution in [0.4, 0.5) is 10.5 Å². The average Bonchev–Trinajstić information content (AvgIpc) is 3.06. The number of ether oxygens (including phenoxy) is 1. The van der Waals surface area contributed by atoms with Crippen molar-refractivity contribution in [1.29, 1.82) is 0 Å². The van der Waals surface area contributed by atoms with E-state index in [0.717, 1.165) is 22.9 Å². The number of para-hydroxylation sites is 2. The zero-order valence-corrected chi connectivity index (χ0v) is 18.8. The van der Waals surface area contributed by atoms with E-state index in [1.807, 2.05) is 49.4 Å². The van der Waals surface area contributed by atoms with Crippen molar-refractivity contribution in [3.63, 3.8) is 0 Å². The van der Waals surface area contributed by atoms with Crippen molar-refractivity contribution in [2.75, 3.05) is 11.9 Å². The molecular weight excluding hydrogens is 436 g/mol. The van der Waals surface area contributed by atoms with Crippen LogP contribution in [0.1, 0.15) is 16.7 Å². The van der Waals surface area contributed by atoms with Crippen molar-refractivity contribution < 1.29 is 19.1 Å². The first-order chi connectivity index (χ1) is 16.0. The fourth-order valence-electron chi connectivity index (χ4n) is 3.36. The van der Waals surface area contributed by atoms with Crippen molar-refractivity contribution in [2.45, 2.75) is 13.5 Å². The Hall–Kier alpha value is -3.84. The van der Waals surface area contributed by atoms with Crippen molar-refractivity contribution >= 4 is 40.6 Å². The van der Waals surface area contributed by atoms with Gasteiger partial charge in [0.25, 0.3) is 17.1 Å². The topological polar surface area (TPSA) is 75.7 Å². The lowest BCUT2D eigenvalue weighted by Crippen LogP contribution is -2.27. The molecule has 1 fully saturated rings. The Labute approximate surface area is 196 Å². The Morgan fingerprint density at radius 2 is 1.76 bits per heavy atom. The molecule has 3 aromatic rings. The summed E-state index contributed by atoms with van der Waals surface area (Å²) in [5.41, 5.74) is 3.26. The van der Waals surface area contributed by atoms with Gasteiger partial charge in [0.2, 0.25) is 0 Å². The number of carbonyl (C=O) groups excluding carboxylic acids is 3. The molecule has 1 N–H and O–H groups in total. The first-order valence-corrected chi connectivity index (χ1v) is 11.2. The first-order valence-electron chi connectivity index (χ1n) is 10.4. The monoisotopic (exact) mass is 458 g/mol. The molecule has 0 aromatic heterocycles. The molecule has 1 aliphatic heterocycles. The molecule has 0 atom stereocenters. The van der Waals surface area contributed by atoms with Gasteiger partial charge in [0.15, 0.2) is 6.61 Å². The summed E-state index contributed by atoms with van der Waals surface area (Å²) in [6.07, 6.45) is 1.63. The minimum Gasteiger partial charge on any atom is -0.483 e. The van der Waals surface area contributed by atoms with Gasteiger partial charge in [-0.25, -0.2) is 0 Å². The number of hydrogen-bond donors (Lipinski definition) is 1. The van der Waals surface area contributed by atoms with E-state index in [2.05, 4.69) is 5.32 Å². The van der Waals surface area contributed by atoms with E-state index in [1.54, 1.807) is 42.5 Å². The number of thioether (sulfide) groups is 1. The number of imide groups is 1. The van der Waals surface area contributed by atoms with E-state index < -0.39 is 0 Å². The molecule has 1 aliphatic rings. The van der Waals surface area contributed by atoms with E-state index in [4.69, 9.17) is 4.74 Å². The highest BCUT2D eigenvalue weighted by Crippen LogP contribution is 2.35. The lowest BCUT2D eigenvalue weighted by atomic mass is 10.1. The van der Waals surface area contributed by atoms with Gasteiger partial charge >= 0.3 is 0 Å². The fraction of sp³-hybridized carbons (Fsp3) is 0.115. The second-order valence-electron chi connectivity index (χ2n) is 7.50. The molecule has 0 unspecified atom stereocenters. The van der Waals surface area contributed by atoms with Gasteiger partial charge in [-0.15, -0.1) is 0 Å². The molecule has 0 aliphatic carbocycles. The summed E-state index contributed by atoms with van der Waals surface area (Å²) >= 11 is 0.899. The van der Waals surface area contributed by atoms with Gasteiger partial charge in [-0.2, -0.15) is 0 Å². The number of anilines is 1. The van der Waals surface area contributed by atoms with Crippen LogP contribution in [0, 0.1) is 6.92 Å². The van der Waals surface area contributed by atoms with Gasteiger partial charge in [0, 0.05) is 11.3 Å². The summed E-state index contributed by atoms with van der Waals surface area (Å²) in [5, 5.41) is 2.45. The van der Waals surface area contributed by atoms with Crippen LogP contribution in [0.5, 0.6) is 5.75 Å². The Balaban J connectivity index is 1.45. The van der Waals surface area contributed by atoms with Crippen LogP contribution < -0.4 is 10.1 Å². The summed E-state index contributed by atoms with van der Waals surface area (Å²) in [4.78, 5) is 39.2. The lowest BCUT2D eigenvalue weighted by molar-refractivity contribution is -0.123. The van der Waals surface area contributed by atoms with Crippen LogP contribution in [-0.4, -0.2) is 28.6 Å². The number of benzene rings is 3. The zero-order chi connectivity index (χ0) is 23.2. The third kappa shape index (κ3) is 5.70. The van der Waals surface area contributed by atoms with Gasteiger partial charge in [0.1, 0.15) is 5.75 Å². The Kier molecular flexibility index (Phi) is 6.90. The van der Waals surface area contributed by atoms with Crippen LogP contribution in [0.3, 0.4) is 0 Å². The van der Waals surface area contributed by atoms with E-state index in [0.29, 0.717) is 21.9 Å². The summed E-state index contributed by atoms with van der Waals surface area (Å²) in [6.45, 7) is 2.00. The van der Waals surface area contributed by atoms with E-state index in [9.17, 15) is 14.4 Å². The predicted octanol–water partition coefficient (Wildman–Crippen LogP) is 5.25. The van der Waals surface area contributed by atoms with Gasteiger partial charge in [-0.05, 0) is 48.5 Å². The maximum atomic E-state index is 12.9. The van der Waals surface area contributed by atoms with Crippen molar-refractivity contribution in [2.24, 2.45) is 0 Å². The second-order valence-corrected chi connectivity index (χ2v) is 8.49. The molecule has 7 heteroatoms. The molecule has 166 valence electrons. The largest absolute Gasteiger partial charge is 0.483 e. The van der Waals surface area contributed by atoms with Crippen LogP contribution in [0.2, 0.25) is 0 Å². The Morgan fingerprint density at radius 3 is 2.55 bits per heavy atom. The molecule has 33 heavy (non-hydrogen) atoms. The van der Waals surface area contributed by atoms with Gasteiger partial charge < -0.3 is 10.1 Å². The standard InChI is InChI=1S/C26H22N2O4S/c1-18-8-7-9-19(14-18)16-28-25(30)23(33-26(28)31)15-20-10-5-6-13-22(20)32-17-24(29)27-21-11-3-2-4-12-21/h2-15H,16-17H2,1H3,(H,27,29)/b23-15+. The van der Waals surface area contributed by atoms with E-state index in [-0.39, 0.29) is 30.2 Å². The minimum atomic E-state index is -0.344. The molecule has 0 radical (unpaired) electrons. The quantitative estimate of drug-likeness (QED) is 0.490. The minimum absolute atomic E-state index is 0.186. The van der Waals surface area contributed by atoms with Crippen molar-refractivity contribution in [1.82, 2.24) is 4.90 Å². The molecule has 3 aromatic carbocycles. The fourth-order valence-corrected chi connectivity index (χ4v) is 4.19. The summed E-state index contributed by atoms with van der Waals surface area (Å²) < 4.78 is 5.70. The second kappa shape index (κ2) is 10.2. The SMILES string of the molecule is Cc1cccc(CN2C(=O)S/C(=C/c3ccccc3OCC(=O)Nc3ccccc3)C2=O)c1. The molecular formula is C26H22N2O4S. The van der Waals surface area contributed by atoms with Gasteiger partial charge in [0.05, 0.1) is 11.4 Å². The van der Waals surface area contributed by atoms with Gasteiger partial charge in [-0.3, -0.25) is 19.3 Å². The molecule has 0 bridgehead atoms. The Bertz CT molecular complexity index is 1220. The predicted molar refractivity (Wildman–Crippen MR) is 130 cm³/mol. The number of amides is 3.